The Bertz CT molecular complexity index is 1070. The summed E-state index contributed by atoms with van der Waals surface area (Å²) in [5.74, 6) is -3.59. The van der Waals surface area contributed by atoms with Crippen LogP contribution in [0.2, 0.25) is 0 Å². The van der Waals surface area contributed by atoms with E-state index < -0.39 is 54.1 Å². The smallest absolute Gasteiger partial charge is 0.218 e. The molecule has 1 heterocycles. The van der Waals surface area contributed by atoms with Gasteiger partial charge in [-0.2, -0.15) is 0 Å². The van der Waals surface area contributed by atoms with Gasteiger partial charge in [0.05, 0.1) is 16.8 Å². The summed E-state index contributed by atoms with van der Waals surface area (Å²) in [7, 11) is -7.80. The van der Waals surface area contributed by atoms with Gasteiger partial charge in [0, 0.05) is 24.7 Å². The van der Waals surface area contributed by atoms with Gasteiger partial charge in [0.2, 0.25) is 10.0 Å². The number of sulfone groups is 1. The lowest BCUT2D eigenvalue weighted by Crippen LogP contribution is -2.34. The number of rotatable bonds is 4. The van der Waals surface area contributed by atoms with Crippen molar-refractivity contribution >= 4 is 19.9 Å². The van der Waals surface area contributed by atoms with Gasteiger partial charge in [-0.3, -0.25) is 0 Å². The van der Waals surface area contributed by atoms with E-state index in [0.717, 1.165) is 22.5 Å². The zero-order chi connectivity index (χ0) is 20.5. The van der Waals surface area contributed by atoms with Crippen molar-refractivity contribution in [2.24, 2.45) is 0 Å². The largest absolute Gasteiger partial charge is 0.228 e. The van der Waals surface area contributed by atoms with E-state index in [1.54, 1.807) is 0 Å². The predicted molar refractivity (Wildman–Crippen MR) is 98.1 cm³/mol. The second-order valence-corrected chi connectivity index (χ2v) is 10.9. The number of benzene rings is 2. The number of nitrogens with zero attached hydrogens (tertiary/aromatic N) is 1. The van der Waals surface area contributed by atoms with Crippen molar-refractivity contribution < 1.29 is 30.0 Å². The van der Waals surface area contributed by atoms with Crippen LogP contribution in [0.25, 0.3) is 0 Å². The quantitative estimate of drug-likeness (QED) is 0.744. The fraction of sp³-hybridized carbons (Fsp3) is 0.333. The van der Waals surface area contributed by atoms with Crippen molar-refractivity contribution in [3.05, 3.63) is 71.0 Å². The molecule has 3 rings (SSSR count). The summed E-state index contributed by atoms with van der Waals surface area (Å²) in [6, 6.07) is 7.95. The zero-order valence-corrected chi connectivity index (χ0v) is 16.3. The molecule has 0 bridgehead atoms. The molecule has 0 aromatic heterocycles. The van der Waals surface area contributed by atoms with Crippen LogP contribution in [0.15, 0.2) is 42.5 Å². The number of sulfonamides is 1. The highest BCUT2D eigenvalue weighted by Gasteiger charge is 2.36. The molecule has 1 unspecified atom stereocenters. The molecule has 0 amide bonds. The average Bonchev–Trinajstić information content (AvgIpc) is 2.72. The van der Waals surface area contributed by atoms with Crippen molar-refractivity contribution in [3.63, 3.8) is 0 Å². The highest BCUT2D eigenvalue weighted by atomic mass is 32.2. The van der Waals surface area contributed by atoms with E-state index >= 15 is 0 Å². The van der Waals surface area contributed by atoms with Gasteiger partial charge in [-0.1, -0.05) is 18.2 Å². The molecular weight excluding hydrogens is 415 g/mol. The molecule has 2 aromatic rings. The summed E-state index contributed by atoms with van der Waals surface area (Å²) in [6.07, 6.45) is -0.111. The monoisotopic (exact) mass is 433 g/mol. The van der Waals surface area contributed by atoms with Crippen LogP contribution in [0.1, 0.15) is 22.8 Å². The molecule has 1 fully saturated rings. The first-order chi connectivity index (χ1) is 13.1. The summed E-state index contributed by atoms with van der Waals surface area (Å²) in [5, 5.41) is -1.15. The molecule has 1 aliphatic rings. The van der Waals surface area contributed by atoms with E-state index in [-0.39, 0.29) is 30.6 Å². The van der Waals surface area contributed by atoms with Crippen LogP contribution in [0.3, 0.4) is 0 Å². The first-order valence-corrected chi connectivity index (χ1v) is 11.8. The Balaban J connectivity index is 1.84. The van der Waals surface area contributed by atoms with Crippen LogP contribution < -0.4 is 0 Å². The van der Waals surface area contributed by atoms with Gasteiger partial charge in [0.25, 0.3) is 0 Å². The molecule has 28 heavy (non-hydrogen) atoms. The Labute approximate surface area is 161 Å². The van der Waals surface area contributed by atoms with Gasteiger partial charge >= 0.3 is 0 Å². The van der Waals surface area contributed by atoms with E-state index in [1.165, 1.54) is 18.2 Å². The minimum absolute atomic E-state index is 0.00829. The molecule has 1 saturated heterocycles. The van der Waals surface area contributed by atoms with Crippen LogP contribution in [-0.2, 0) is 25.6 Å². The molecule has 0 aliphatic carbocycles. The van der Waals surface area contributed by atoms with Crippen LogP contribution >= 0.6 is 0 Å². The molecule has 1 atom stereocenters. The minimum atomic E-state index is -4.02. The lowest BCUT2D eigenvalue weighted by atomic mass is 10.1. The fourth-order valence-corrected chi connectivity index (χ4v) is 6.72. The third-order valence-corrected chi connectivity index (χ3v) is 8.57. The first kappa shape index (κ1) is 20.8. The maximum atomic E-state index is 14.1. The molecule has 0 radical (unpaired) electrons. The summed E-state index contributed by atoms with van der Waals surface area (Å²) in [5.41, 5.74) is -0.0655. The summed E-state index contributed by atoms with van der Waals surface area (Å²) < 4.78 is 92.2. The van der Waals surface area contributed by atoms with Gasteiger partial charge in [-0.05, 0) is 30.2 Å². The maximum absolute atomic E-state index is 14.1. The fourth-order valence-electron chi connectivity index (χ4n) is 3.28. The van der Waals surface area contributed by atoms with E-state index in [0.29, 0.717) is 6.07 Å². The van der Waals surface area contributed by atoms with Gasteiger partial charge in [-0.25, -0.2) is 34.3 Å². The van der Waals surface area contributed by atoms with Crippen molar-refractivity contribution in [1.82, 2.24) is 4.31 Å². The Morgan fingerprint density at radius 2 is 1.64 bits per heavy atom. The van der Waals surface area contributed by atoms with Crippen molar-refractivity contribution in [2.75, 3.05) is 18.8 Å². The SMILES string of the molecule is O=S1(=O)CCN(S(=O)(=O)Cc2cc(F)cc(F)c2)CCC1c1ccccc1F. The number of halogens is 3. The van der Waals surface area contributed by atoms with Crippen LogP contribution in [0, 0.1) is 17.5 Å². The maximum Gasteiger partial charge on any atom is 0.218 e. The number of hydrogen-bond donors (Lipinski definition) is 0. The standard InChI is InChI=1S/C18H18F3NO4S2/c19-14-9-13(10-15(20)11-14)12-28(25,26)22-6-5-18(27(23,24)8-7-22)16-3-1-2-4-17(16)21/h1-4,9-11,18H,5-8,12H2. The van der Waals surface area contributed by atoms with E-state index in [1.807, 2.05) is 0 Å². The minimum Gasteiger partial charge on any atom is -0.228 e. The molecular formula is C18H18F3NO4S2. The predicted octanol–water partition coefficient (Wildman–Crippen LogP) is 2.80. The van der Waals surface area contributed by atoms with E-state index in [2.05, 4.69) is 0 Å². The lowest BCUT2D eigenvalue weighted by molar-refractivity contribution is 0.426. The van der Waals surface area contributed by atoms with Crippen LogP contribution in [0.5, 0.6) is 0 Å². The molecule has 2 aromatic carbocycles. The molecule has 1 aliphatic heterocycles. The summed E-state index contributed by atoms with van der Waals surface area (Å²) >= 11 is 0. The zero-order valence-electron chi connectivity index (χ0n) is 14.7. The third-order valence-electron chi connectivity index (χ3n) is 4.62. The van der Waals surface area contributed by atoms with Gasteiger partial charge in [-0.15, -0.1) is 0 Å². The highest BCUT2D eigenvalue weighted by molar-refractivity contribution is 7.91. The first-order valence-electron chi connectivity index (χ1n) is 8.47. The topological polar surface area (TPSA) is 71.5 Å². The molecule has 0 N–H and O–H groups in total. The van der Waals surface area contributed by atoms with E-state index in [9.17, 15) is 30.0 Å². The average molecular weight is 433 g/mol. The summed E-state index contributed by atoms with van der Waals surface area (Å²) in [6.45, 7) is -0.439. The van der Waals surface area contributed by atoms with Crippen molar-refractivity contribution in [3.8, 4) is 0 Å². The Hall–Kier alpha value is -1.91. The highest BCUT2D eigenvalue weighted by Crippen LogP contribution is 2.32. The Morgan fingerprint density at radius 1 is 1.00 bits per heavy atom. The van der Waals surface area contributed by atoms with Gasteiger partial charge in [0.15, 0.2) is 9.84 Å². The summed E-state index contributed by atoms with van der Waals surface area (Å²) in [4.78, 5) is 0. The lowest BCUT2D eigenvalue weighted by Gasteiger charge is -2.20. The third kappa shape index (κ3) is 4.56. The molecule has 0 spiro atoms. The Morgan fingerprint density at radius 3 is 2.29 bits per heavy atom. The van der Waals surface area contributed by atoms with Crippen molar-refractivity contribution in [1.29, 1.82) is 0 Å². The second-order valence-electron chi connectivity index (χ2n) is 6.60. The van der Waals surface area contributed by atoms with E-state index in [4.69, 9.17) is 0 Å². The van der Waals surface area contributed by atoms with Crippen LogP contribution in [0.4, 0.5) is 13.2 Å². The van der Waals surface area contributed by atoms with Crippen molar-refractivity contribution in [2.45, 2.75) is 17.4 Å². The van der Waals surface area contributed by atoms with Gasteiger partial charge < -0.3 is 0 Å². The second kappa shape index (κ2) is 7.84. The molecule has 152 valence electrons. The molecule has 0 saturated carbocycles. The Kier molecular flexibility index (Phi) is 5.83. The molecule has 10 heteroatoms. The normalized spacial score (nSPS) is 20.6. The van der Waals surface area contributed by atoms with Gasteiger partial charge in [0.1, 0.15) is 17.5 Å². The molecule has 5 nitrogen and oxygen atoms in total. The van der Waals surface area contributed by atoms with Crippen LogP contribution in [-0.4, -0.2) is 40.0 Å². The number of hydrogen-bond acceptors (Lipinski definition) is 4.